The van der Waals surface area contributed by atoms with Crippen molar-refractivity contribution < 1.29 is 13.2 Å². The zero-order chi connectivity index (χ0) is 18.0. The van der Waals surface area contributed by atoms with Gasteiger partial charge in [-0.3, -0.25) is 4.79 Å². The molecule has 0 unspecified atom stereocenters. The molecule has 1 aliphatic rings. The molecule has 1 aromatic carbocycles. The molecular weight excluding hydrogens is 326 g/mol. The van der Waals surface area contributed by atoms with Crippen molar-refractivity contribution in [2.24, 2.45) is 0 Å². The Labute approximate surface area is 143 Å². The van der Waals surface area contributed by atoms with E-state index in [0.717, 1.165) is 19.3 Å². The minimum absolute atomic E-state index is 0.0878. The molecule has 1 aliphatic carbocycles. The lowest BCUT2D eigenvalue weighted by Gasteiger charge is -2.31. The largest absolute Gasteiger partial charge is 0.334 e. The van der Waals surface area contributed by atoms with Crippen LogP contribution in [0, 0.1) is 25.2 Å². The van der Waals surface area contributed by atoms with Gasteiger partial charge >= 0.3 is 0 Å². The van der Waals surface area contributed by atoms with Crippen molar-refractivity contribution in [3.8, 4) is 6.07 Å². The molecule has 0 spiro atoms. The molecule has 0 aromatic heterocycles. The lowest BCUT2D eigenvalue weighted by molar-refractivity contribution is 0.0902. The monoisotopic (exact) mass is 349 g/mol. The van der Waals surface area contributed by atoms with Crippen molar-refractivity contribution in [1.82, 2.24) is 10.0 Å². The third-order valence-corrected chi connectivity index (χ3v) is 6.25. The lowest BCUT2D eigenvalue weighted by atomic mass is 9.82. The van der Waals surface area contributed by atoms with E-state index in [4.69, 9.17) is 0 Å². The van der Waals surface area contributed by atoms with Gasteiger partial charge in [-0.25, -0.2) is 13.1 Å². The van der Waals surface area contributed by atoms with E-state index in [1.807, 2.05) is 0 Å². The van der Waals surface area contributed by atoms with Crippen molar-refractivity contribution in [2.45, 2.75) is 56.4 Å². The van der Waals surface area contributed by atoms with Crippen LogP contribution in [0.15, 0.2) is 17.0 Å². The molecule has 6 nitrogen and oxygen atoms in total. The van der Waals surface area contributed by atoms with Crippen molar-refractivity contribution in [3.63, 3.8) is 0 Å². The molecule has 130 valence electrons. The van der Waals surface area contributed by atoms with E-state index in [1.54, 1.807) is 19.9 Å². The number of nitrogens with one attached hydrogen (secondary N) is 2. The van der Waals surface area contributed by atoms with Gasteiger partial charge in [0.05, 0.1) is 11.0 Å². The smallest absolute Gasteiger partial charge is 0.252 e. The third-order valence-electron chi connectivity index (χ3n) is 4.71. The standard InChI is InChI=1S/C17H23N3O3S/c1-12-9-14(10-15(13(12)2)24(22,23)19-3)16(21)20-17(11-18)7-5-4-6-8-17/h9-10,19H,4-8H2,1-3H3,(H,20,21). The first-order valence-electron chi connectivity index (χ1n) is 8.03. The van der Waals surface area contributed by atoms with Crippen LogP contribution in [0.4, 0.5) is 0 Å². The molecule has 1 fully saturated rings. The Morgan fingerprint density at radius 1 is 1.21 bits per heavy atom. The average Bonchev–Trinajstić information content (AvgIpc) is 2.57. The molecule has 0 radical (unpaired) electrons. The maximum atomic E-state index is 12.6. The second-order valence-electron chi connectivity index (χ2n) is 6.33. The fourth-order valence-electron chi connectivity index (χ4n) is 3.06. The highest BCUT2D eigenvalue weighted by atomic mass is 32.2. The van der Waals surface area contributed by atoms with E-state index in [1.165, 1.54) is 13.1 Å². The van der Waals surface area contributed by atoms with E-state index in [-0.39, 0.29) is 10.5 Å². The first-order chi connectivity index (χ1) is 11.2. The Hall–Kier alpha value is -1.91. The molecule has 1 saturated carbocycles. The minimum atomic E-state index is -3.66. The van der Waals surface area contributed by atoms with Gasteiger partial charge in [0.2, 0.25) is 10.0 Å². The van der Waals surface area contributed by atoms with E-state index in [0.29, 0.717) is 24.0 Å². The Morgan fingerprint density at radius 2 is 1.83 bits per heavy atom. The molecule has 24 heavy (non-hydrogen) atoms. The zero-order valence-electron chi connectivity index (χ0n) is 14.3. The van der Waals surface area contributed by atoms with Crippen LogP contribution < -0.4 is 10.0 Å². The van der Waals surface area contributed by atoms with Crippen molar-refractivity contribution in [1.29, 1.82) is 5.26 Å². The lowest BCUT2D eigenvalue weighted by Crippen LogP contribution is -2.48. The number of rotatable bonds is 4. The zero-order valence-corrected chi connectivity index (χ0v) is 15.1. The van der Waals surface area contributed by atoms with Gasteiger partial charge in [0.1, 0.15) is 5.54 Å². The van der Waals surface area contributed by atoms with Crippen LogP contribution in [0.1, 0.15) is 53.6 Å². The maximum absolute atomic E-state index is 12.6. The van der Waals surface area contributed by atoms with Gasteiger partial charge in [0.15, 0.2) is 0 Å². The Balaban J connectivity index is 2.38. The number of nitrogens with zero attached hydrogens (tertiary/aromatic N) is 1. The number of carbonyl (C=O) groups is 1. The summed E-state index contributed by atoms with van der Waals surface area (Å²) in [4.78, 5) is 12.7. The fraction of sp³-hybridized carbons (Fsp3) is 0.529. The summed E-state index contributed by atoms with van der Waals surface area (Å²) in [5, 5.41) is 12.3. The number of hydrogen-bond acceptors (Lipinski definition) is 4. The predicted octanol–water partition coefficient (Wildman–Crippen LogP) is 2.17. The molecule has 0 aliphatic heterocycles. The summed E-state index contributed by atoms with van der Waals surface area (Å²) in [5.74, 6) is -0.408. The van der Waals surface area contributed by atoms with Crippen LogP contribution in [-0.4, -0.2) is 26.9 Å². The summed E-state index contributed by atoms with van der Waals surface area (Å²) < 4.78 is 26.6. The number of hydrogen-bond donors (Lipinski definition) is 2. The summed E-state index contributed by atoms with van der Waals surface area (Å²) in [5.41, 5.74) is 0.725. The number of aryl methyl sites for hydroxylation is 1. The van der Waals surface area contributed by atoms with Gasteiger partial charge in [0.25, 0.3) is 5.91 Å². The first-order valence-corrected chi connectivity index (χ1v) is 9.51. The van der Waals surface area contributed by atoms with Crippen molar-refractivity contribution in [3.05, 3.63) is 28.8 Å². The first kappa shape index (κ1) is 18.4. The summed E-state index contributed by atoms with van der Waals surface area (Å²) in [6.07, 6.45) is 4.12. The summed E-state index contributed by atoms with van der Waals surface area (Å²) in [7, 11) is -2.32. The van der Waals surface area contributed by atoms with E-state index in [2.05, 4.69) is 16.1 Å². The van der Waals surface area contributed by atoms with Crippen molar-refractivity contribution in [2.75, 3.05) is 7.05 Å². The number of carbonyl (C=O) groups excluding carboxylic acids is 1. The maximum Gasteiger partial charge on any atom is 0.252 e. The van der Waals surface area contributed by atoms with Crippen molar-refractivity contribution >= 4 is 15.9 Å². The number of nitriles is 1. The van der Waals surface area contributed by atoms with Crippen LogP contribution in [0.2, 0.25) is 0 Å². The van der Waals surface area contributed by atoms with Crippen LogP contribution in [0.5, 0.6) is 0 Å². The number of sulfonamides is 1. The number of amides is 1. The molecule has 0 bridgehead atoms. The summed E-state index contributed by atoms with van der Waals surface area (Å²) >= 11 is 0. The molecular formula is C17H23N3O3S. The Bertz CT molecular complexity index is 788. The van der Waals surface area contributed by atoms with Gasteiger partial charge in [-0.15, -0.1) is 0 Å². The highest BCUT2D eigenvalue weighted by Crippen LogP contribution is 2.28. The van der Waals surface area contributed by atoms with Crippen LogP contribution in [0.25, 0.3) is 0 Å². The van der Waals surface area contributed by atoms with E-state index >= 15 is 0 Å². The van der Waals surface area contributed by atoms with Gasteiger partial charge in [-0.05, 0) is 57.0 Å². The minimum Gasteiger partial charge on any atom is -0.334 e. The summed E-state index contributed by atoms with van der Waals surface area (Å²) in [6.45, 7) is 3.47. The molecule has 0 heterocycles. The summed E-state index contributed by atoms with van der Waals surface area (Å²) in [6, 6.07) is 5.27. The van der Waals surface area contributed by atoms with E-state index < -0.39 is 21.5 Å². The topological polar surface area (TPSA) is 99.1 Å². The second-order valence-corrected chi connectivity index (χ2v) is 8.19. The fourth-order valence-corrected chi connectivity index (χ4v) is 4.12. The van der Waals surface area contributed by atoms with Gasteiger partial charge in [-0.1, -0.05) is 19.3 Å². The quantitative estimate of drug-likeness (QED) is 0.870. The van der Waals surface area contributed by atoms with E-state index in [9.17, 15) is 18.5 Å². The number of benzene rings is 1. The average molecular weight is 349 g/mol. The third kappa shape index (κ3) is 3.60. The van der Waals surface area contributed by atoms with Gasteiger partial charge < -0.3 is 5.32 Å². The predicted molar refractivity (Wildman–Crippen MR) is 91.1 cm³/mol. The Kier molecular flexibility index (Phi) is 5.31. The SMILES string of the molecule is CNS(=O)(=O)c1cc(C(=O)NC2(C#N)CCCCC2)cc(C)c1C. The van der Waals surface area contributed by atoms with Crippen LogP contribution in [-0.2, 0) is 10.0 Å². The highest BCUT2D eigenvalue weighted by molar-refractivity contribution is 7.89. The van der Waals surface area contributed by atoms with Crippen LogP contribution >= 0.6 is 0 Å². The molecule has 2 rings (SSSR count). The molecule has 7 heteroatoms. The molecule has 0 atom stereocenters. The molecule has 1 aromatic rings. The highest BCUT2D eigenvalue weighted by Gasteiger charge is 2.34. The Morgan fingerprint density at radius 3 is 2.38 bits per heavy atom. The molecule has 0 saturated heterocycles. The normalized spacial score (nSPS) is 17.1. The van der Waals surface area contributed by atoms with Gasteiger partial charge in [0, 0.05) is 5.56 Å². The second kappa shape index (κ2) is 6.91. The van der Waals surface area contributed by atoms with Crippen LogP contribution in [0.3, 0.4) is 0 Å². The molecule has 2 N–H and O–H groups in total. The molecule has 1 amide bonds. The van der Waals surface area contributed by atoms with Gasteiger partial charge in [-0.2, -0.15) is 5.26 Å².